The average Bonchev–Trinajstić information content (AvgIpc) is 3.19. The molecule has 0 heterocycles. The van der Waals surface area contributed by atoms with Crippen LogP contribution in [0.2, 0.25) is 0 Å². The quantitative estimate of drug-likeness (QED) is 0.540. The van der Waals surface area contributed by atoms with Crippen molar-refractivity contribution in [1.82, 2.24) is 0 Å². The molecule has 0 spiro atoms. The van der Waals surface area contributed by atoms with Crippen LogP contribution in [0, 0.1) is 0 Å². The number of hydrogen-bond acceptors (Lipinski definition) is 2. The van der Waals surface area contributed by atoms with E-state index < -0.39 is 0 Å². The number of aliphatic hydroxyl groups is 2. The first-order valence-electron chi connectivity index (χ1n) is 8.48. The van der Waals surface area contributed by atoms with E-state index in [0.29, 0.717) is 0 Å². The second-order valence-electron chi connectivity index (χ2n) is 6.51. The van der Waals surface area contributed by atoms with Crippen LogP contribution in [0.4, 0.5) is 0 Å². The van der Waals surface area contributed by atoms with Crippen LogP contribution in [0.15, 0.2) is 60.7 Å². The minimum atomic E-state index is -0.287. The van der Waals surface area contributed by atoms with E-state index in [-0.39, 0.29) is 75.1 Å². The summed E-state index contributed by atoms with van der Waals surface area (Å²) in [5.74, 6) is 0.391. The smallest absolute Gasteiger partial charge is 1.00 e. The van der Waals surface area contributed by atoms with Crippen molar-refractivity contribution in [3.8, 4) is 0 Å². The SMILES string of the molecule is CC(O)C1C=Cc2ccccc21.CC(O)C1C=Cc2ccccc21.[Cl-].[Cl-].[Zr+2]. The molecule has 0 fully saturated rings. The maximum atomic E-state index is 9.45. The normalized spacial score (nSPS) is 19.9. The number of benzene rings is 2. The molecule has 2 nitrogen and oxygen atoms in total. The van der Waals surface area contributed by atoms with Gasteiger partial charge in [-0.05, 0) is 36.1 Å². The Morgan fingerprint density at radius 1 is 0.667 bits per heavy atom. The van der Waals surface area contributed by atoms with Crippen molar-refractivity contribution >= 4 is 12.2 Å². The summed E-state index contributed by atoms with van der Waals surface area (Å²) in [5, 5.41) is 18.9. The second kappa shape index (κ2) is 12.0. The second-order valence-corrected chi connectivity index (χ2v) is 6.51. The summed E-state index contributed by atoms with van der Waals surface area (Å²) in [7, 11) is 0. The van der Waals surface area contributed by atoms with E-state index in [0.717, 1.165) is 0 Å². The van der Waals surface area contributed by atoms with E-state index in [1.807, 2.05) is 38.1 Å². The Morgan fingerprint density at radius 3 is 1.33 bits per heavy atom. The molecule has 4 unspecified atom stereocenters. The van der Waals surface area contributed by atoms with Crippen molar-refractivity contribution < 1.29 is 61.2 Å². The van der Waals surface area contributed by atoms with Gasteiger partial charge in [0.1, 0.15) is 0 Å². The molecule has 0 aliphatic heterocycles. The van der Waals surface area contributed by atoms with Gasteiger partial charge in [0.05, 0.1) is 12.2 Å². The molecule has 2 N–H and O–H groups in total. The summed E-state index contributed by atoms with van der Waals surface area (Å²) < 4.78 is 0. The molecule has 2 aliphatic carbocycles. The molecule has 4 rings (SSSR count). The van der Waals surface area contributed by atoms with Crippen molar-refractivity contribution in [2.45, 2.75) is 37.9 Å². The maximum Gasteiger partial charge on any atom is 2.00 e. The Morgan fingerprint density at radius 2 is 1.00 bits per heavy atom. The van der Waals surface area contributed by atoms with Gasteiger partial charge in [-0.1, -0.05) is 72.8 Å². The molecule has 27 heavy (non-hydrogen) atoms. The van der Waals surface area contributed by atoms with E-state index in [2.05, 4.69) is 48.6 Å². The number of aliphatic hydroxyl groups excluding tert-OH is 2. The van der Waals surface area contributed by atoms with Gasteiger partial charge in [0.2, 0.25) is 0 Å². The average molecular weight is 483 g/mol. The summed E-state index contributed by atoms with van der Waals surface area (Å²) in [6.45, 7) is 3.66. The Kier molecular flexibility index (Phi) is 11.7. The molecular formula is C22H24Cl2O2Zr. The van der Waals surface area contributed by atoms with Crippen molar-refractivity contribution in [2.75, 3.05) is 0 Å². The fraction of sp³-hybridized carbons (Fsp3) is 0.273. The van der Waals surface area contributed by atoms with Crippen molar-refractivity contribution in [2.24, 2.45) is 0 Å². The van der Waals surface area contributed by atoms with Crippen LogP contribution in [-0.4, -0.2) is 22.4 Å². The topological polar surface area (TPSA) is 40.5 Å². The Labute approximate surface area is 193 Å². The molecule has 2 aromatic rings. The van der Waals surface area contributed by atoms with Crippen LogP contribution in [0.1, 0.15) is 47.9 Å². The predicted molar refractivity (Wildman–Crippen MR) is 99.8 cm³/mol. The van der Waals surface area contributed by atoms with Gasteiger partial charge < -0.3 is 35.0 Å². The molecule has 0 radical (unpaired) electrons. The van der Waals surface area contributed by atoms with Gasteiger partial charge in [-0.25, -0.2) is 0 Å². The van der Waals surface area contributed by atoms with E-state index in [4.69, 9.17) is 0 Å². The minimum absolute atomic E-state index is 0. The van der Waals surface area contributed by atoms with Gasteiger partial charge in [0.25, 0.3) is 0 Å². The monoisotopic (exact) mass is 480 g/mol. The maximum absolute atomic E-state index is 9.45. The Hall–Kier alpha value is -0.697. The first-order valence-corrected chi connectivity index (χ1v) is 8.48. The Balaban J connectivity index is 0.000000451. The fourth-order valence-electron chi connectivity index (χ4n) is 3.40. The fourth-order valence-corrected chi connectivity index (χ4v) is 3.40. The molecule has 2 aromatic carbocycles. The van der Waals surface area contributed by atoms with E-state index >= 15 is 0 Å². The van der Waals surface area contributed by atoms with Crippen LogP contribution in [-0.2, 0) is 26.2 Å². The molecule has 0 bridgehead atoms. The van der Waals surface area contributed by atoms with Crippen molar-refractivity contribution in [3.63, 3.8) is 0 Å². The zero-order valence-corrected chi connectivity index (χ0v) is 19.4. The standard InChI is InChI=1S/2C11H12O.2ClH.Zr/c2*1-8(12)10-7-6-9-4-2-3-5-11(9)10;;;/h2*2-8,10,12H,1H3;2*1H;/q;;;;+2/p-2. The zero-order valence-electron chi connectivity index (χ0n) is 15.4. The summed E-state index contributed by atoms with van der Waals surface area (Å²) in [6.07, 6.45) is 7.71. The van der Waals surface area contributed by atoms with E-state index in [1.165, 1.54) is 22.3 Å². The molecule has 0 saturated heterocycles. The van der Waals surface area contributed by atoms with Gasteiger partial charge >= 0.3 is 26.2 Å². The summed E-state index contributed by atoms with van der Waals surface area (Å²) in [4.78, 5) is 0. The zero-order chi connectivity index (χ0) is 17.1. The number of hydrogen-bond donors (Lipinski definition) is 2. The van der Waals surface area contributed by atoms with Crippen LogP contribution < -0.4 is 24.8 Å². The minimum Gasteiger partial charge on any atom is -1.00 e. The van der Waals surface area contributed by atoms with Gasteiger partial charge in [-0.15, -0.1) is 0 Å². The third kappa shape index (κ3) is 6.14. The first-order chi connectivity index (χ1) is 11.6. The third-order valence-corrected chi connectivity index (χ3v) is 4.72. The van der Waals surface area contributed by atoms with Gasteiger partial charge in [-0.2, -0.15) is 0 Å². The van der Waals surface area contributed by atoms with Crippen LogP contribution in [0.5, 0.6) is 0 Å². The number of rotatable bonds is 2. The summed E-state index contributed by atoms with van der Waals surface area (Å²) >= 11 is 0. The molecular weight excluding hydrogens is 458 g/mol. The van der Waals surface area contributed by atoms with E-state index in [1.54, 1.807) is 0 Å². The van der Waals surface area contributed by atoms with Gasteiger partial charge in [-0.3, -0.25) is 0 Å². The van der Waals surface area contributed by atoms with E-state index in [9.17, 15) is 10.2 Å². The molecule has 0 aromatic heterocycles. The van der Waals surface area contributed by atoms with Gasteiger partial charge in [0.15, 0.2) is 0 Å². The molecule has 0 saturated carbocycles. The van der Waals surface area contributed by atoms with Crippen molar-refractivity contribution in [1.29, 1.82) is 0 Å². The van der Waals surface area contributed by atoms with Crippen LogP contribution in [0.25, 0.3) is 12.2 Å². The van der Waals surface area contributed by atoms with Crippen LogP contribution >= 0.6 is 0 Å². The summed E-state index contributed by atoms with van der Waals surface area (Å²) in [5.41, 5.74) is 4.96. The van der Waals surface area contributed by atoms with Crippen molar-refractivity contribution in [3.05, 3.63) is 82.9 Å². The first kappa shape index (κ1) is 26.3. The molecule has 4 atom stereocenters. The molecule has 0 amide bonds. The Bertz CT molecular complexity index is 707. The predicted octanol–water partition coefficient (Wildman–Crippen LogP) is -1.64. The third-order valence-electron chi connectivity index (χ3n) is 4.72. The number of halogens is 2. The molecule has 142 valence electrons. The summed E-state index contributed by atoms with van der Waals surface area (Å²) in [6, 6.07) is 16.4. The molecule has 5 heteroatoms. The van der Waals surface area contributed by atoms with Crippen LogP contribution in [0.3, 0.4) is 0 Å². The largest absolute Gasteiger partial charge is 2.00 e. The molecule has 2 aliphatic rings. The number of fused-ring (bicyclic) bond motifs is 2. The van der Waals surface area contributed by atoms with Gasteiger partial charge in [0, 0.05) is 11.8 Å².